The molecule has 5 atom stereocenters. The lowest BCUT2D eigenvalue weighted by molar-refractivity contribution is -0.193. The molecule has 0 aromatic heterocycles. The van der Waals surface area contributed by atoms with Crippen molar-refractivity contribution in [1.82, 2.24) is 16.0 Å². The number of esters is 2. The predicted octanol–water partition coefficient (Wildman–Crippen LogP) is 3.40. The molecule has 3 N–H and O–H groups in total. The number of nitrogens with one attached hydrogen (secondary N) is 3. The van der Waals surface area contributed by atoms with Gasteiger partial charge in [0, 0.05) is 6.54 Å². The number of alkyl carbamates (subject to hydrolysis) is 1. The molecule has 1 saturated heterocycles. The van der Waals surface area contributed by atoms with Crippen molar-refractivity contribution in [3.63, 3.8) is 0 Å². The van der Waals surface area contributed by atoms with Gasteiger partial charge in [0.25, 0.3) is 5.91 Å². The third-order valence-electron chi connectivity index (χ3n) is 7.34. The Balaban J connectivity index is 1.48. The van der Waals surface area contributed by atoms with E-state index in [1.807, 2.05) is 74.5 Å². The summed E-state index contributed by atoms with van der Waals surface area (Å²) < 4.78 is 15.7. The number of cyclic esters (lactones) is 1. The molecule has 1 heterocycles. The Morgan fingerprint density at radius 2 is 1.47 bits per heavy atom. The number of carbonyl (C=O) groups is 5. The van der Waals surface area contributed by atoms with Crippen LogP contribution in [0, 0.1) is 11.8 Å². The van der Waals surface area contributed by atoms with Crippen LogP contribution in [-0.2, 0) is 46.6 Å². The van der Waals surface area contributed by atoms with Gasteiger partial charge in [-0.2, -0.15) is 0 Å². The fourth-order valence-electron chi connectivity index (χ4n) is 4.50. The summed E-state index contributed by atoms with van der Waals surface area (Å²) in [6, 6.07) is 16.3. The van der Waals surface area contributed by atoms with Gasteiger partial charge in [0.05, 0.1) is 0 Å². The molecule has 0 bridgehead atoms. The number of rotatable bonds is 16. The van der Waals surface area contributed by atoms with Crippen molar-refractivity contribution >= 4 is 29.8 Å². The first-order valence-corrected chi connectivity index (χ1v) is 14.7. The Kier molecular flexibility index (Phi) is 13.0. The van der Waals surface area contributed by atoms with E-state index in [1.165, 1.54) is 6.92 Å². The standard InChI is InChI=1S/C32H41N3O8/c1-4-21(2)26-27(43-31(26)39)29(37)33-18-12-11-17-25(30(38)41-19-23-13-7-5-8-14-23)35-28(36)22(3)34-32(40)42-20-24-15-9-6-10-16-24/h5-10,13-16,21-22,25-27H,4,11-12,17-20H2,1-3H3,(H,33,37)(H,34,40)(H,35,36)/t21-,22-,25-,26-,27+/m0/s1. The first-order valence-electron chi connectivity index (χ1n) is 14.7. The zero-order chi connectivity index (χ0) is 31.2. The maximum atomic E-state index is 13.0. The van der Waals surface area contributed by atoms with Crippen LogP contribution in [0.2, 0.25) is 0 Å². The monoisotopic (exact) mass is 595 g/mol. The van der Waals surface area contributed by atoms with Gasteiger partial charge in [0.2, 0.25) is 5.91 Å². The minimum atomic E-state index is -0.976. The number of unbranched alkanes of at least 4 members (excludes halogenated alkanes) is 1. The molecule has 1 fully saturated rings. The lowest BCUT2D eigenvalue weighted by atomic mass is 9.83. The van der Waals surface area contributed by atoms with E-state index in [1.54, 1.807) is 0 Å². The van der Waals surface area contributed by atoms with Gasteiger partial charge in [-0.15, -0.1) is 0 Å². The van der Waals surface area contributed by atoms with Crippen LogP contribution < -0.4 is 16.0 Å². The van der Waals surface area contributed by atoms with Crippen LogP contribution in [0.5, 0.6) is 0 Å². The van der Waals surface area contributed by atoms with Crippen molar-refractivity contribution in [3.8, 4) is 0 Å². The second kappa shape index (κ2) is 16.9. The highest BCUT2D eigenvalue weighted by Gasteiger charge is 2.49. The molecule has 11 heteroatoms. The molecule has 1 aliphatic heterocycles. The fourth-order valence-corrected chi connectivity index (χ4v) is 4.50. The summed E-state index contributed by atoms with van der Waals surface area (Å²) in [6.07, 6.45) is 0.451. The van der Waals surface area contributed by atoms with Crippen LogP contribution in [0.1, 0.15) is 57.6 Å². The Labute approximate surface area is 252 Å². The fraction of sp³-hybridized carbons (Fsp3) is 0.469. The number of hydrogen-bond acceptors (Lipinski definition) is 8. The van der Waals surface area contributed by atoms with Gasteiger partial charge in [-0.05, 0) is 43.2 Å². The van der Waals surface area contributed by atoms with Gasteiger partial charge in [0.15, 0.2) is 6.10 Å². The molecule has 232 valence electrons. The summed E-state index contributed by atoms with van der Waals surface area (Å²) >= 11 is 0. The first-order chi connectivity index (χ1) is 20.7. The Bertz CT molecular complexity index is 1220. The van der Waals surface area contributed by atoms with E-state index in [0.29, 0.717) is 19.4 Å². The van der Waals surface area contributed by atoms with E-state index in [0.717, 1.165) is 17.5 Å². The molecule has 2 aromatic rings. The summed E-state index contributed by atoms with van der Waals surface area (Å²) in [4.78, 5) is 62.3. The minimum Gasteiger partial charge on any atom is -0.459 e. The normalized spacial score (nSPS) is 17.7. The van der Waals surface area contributed by atoms with E-state index in [-0.39, 0.29) is 37.4 Å². The Morgan fingerprint density at radius 3 is 2.05 bits per heavy atom. The molecule has 3 amide bonds. The third-order valence-corrected chi connectivity index (χ3v) is 7.34. The first kappa shape index (κ1) is 33.1. The number of hydrogen-bond donors (Lipinski definition) is 3. The summed E-state index contributed by atoms with van der Waals surface area (Å²) in [5.41, 5.74) is 1.60. The quantitative estimate of drug-likeness (QED) is 0.152. The maximum absolute atomic E-state index is 13.0. The SMILES string of the molecule is CC[C@H](C)[C@@H]1C(=O)O[C@H]1C(=O)NCCCC[C@H](NC(=O)[C@H](C)NC(=O)OCc1ccccc1)C(=O)OCc1ccccc1. The Hall–Kier alpha value is -4.41. The molecule has 0 unspecified atom stereocenters. The minimum absolute atomic E-state index is 0.0408. The van der Waals surface area contributed by atoms with E-state index in [4.69, 9.17) is 14.2 Å². The molecule has 0 radical (unpaired) electrons. The third kappa shape index (κ3) is 10.4. The number of benzene rings is 2. The maximum Gasteiger partial charge on any atom is 0.408 e. The largest absolute Gasteiger partial charge is 0.459 e. The zero-order valence-corrected chi connectivity index (χ0v) is 24.9. The van der Waals surface area contributed by atoms with Gasteiger partial charge in [0.1, 0.15) is 31.2 Å². The van der Waals surface area contributed by atoms with Gasteiger partial charge in [-0.3, -0.25) is 14.4 Å². The van der Waals surface area contributed by atoms with Crippen molar-refractivity contribution < 1.29 is 38.2 Å². The molecule has 1 aliphatic rings. The van der Waals surface area contributed by atoms with Crippen molar-refractivity contribution in [2.45, 2.75) is 77.9 Å². The summed E-state index contributed by atoms with van der Waals surface area (Å²) in [5, 5.41) is 7.93. The van der Waals surface area contributed by atoms with Crippen molar-refractivity contribution in [3.05, 3.63) is 71.8 Å². The summed E-state index contributed by atoms with van der Waals surface area (Å²) in [5.74, 6) is -2.26. The molecule has 0 aliphatic carbocycles. The highest BCUT2D eigenvalue weighted by atomic mass is 16.6. The van der Waals surface area contributed by atoms with E-state index >= 15 is 0 Å². The van der Waals surface area contributed by atoms with Gasteiger partial charge in [-0.25, -0.2) is 9.59 Å². The van der Waals surface area contributed by atoms with Crippen LogP contribution in [0.3, 0.4) is 0 Å². The van der Waals surface area contributed by atoms with Gasteiger partial charge in [-0.1, -0.05) is 80.9 Å². The Morgan fingerprint density at radius 1 is 0.860 bits per heavy atom. The van der Waals surface area contributed by atoms with Crippen LogP contribution in [0.25, 0.3) is 0 Å². The molecular formula is C32H41N3O8. The molecule has 2 aromatic carbocycles. The van der Waals surface area contributed by atoms with Crippen LogP contribution >= 0.6 is 0 Å². The van der Waals surface area contributed by atoms with Crippen molar-refractivity contribution in [1.29, 1.82) is 0 Å². The van der Waals surface area contributed by atoms with E-state index in [9.17, 15) is 24.0 Å². The highest BCUT2D eigenvalue weighted by molar-refractivity contribution is 5.94. The number of carbonyl (C=O) groups excluding carboxylic acids is 5. The second-order valence-electron chi connectivity index (χ2n) is 10.6. The summed E-state index contributed by atoms with van der Waals surface area (Å²) in [7, 11) is 0. The highest BCUT2D eigenvalue weighted by Crippen LogP contribution is 2.31. The van der Waals surface area contributed by atoms with Crippen molar-refractivity contribution in [2.24, 2.45) is 11.8 Å². The lowest BCUT2D eigenvalue weighted by Gasteiger charge is -2.37. The molecule has 11 nitrogen and oxygen atoms in total. The summed E-state index contributed by atoms with van der Waals surface area (Å²) in [6.45, 7) is 5.76. The van der Waals surface area contributed by atoms with Crippen LogP contribution in [-0.4, -0.2) is 54.6 Å². The molecular weight excluding hydrogens is 554 g/mol. The average molecular weight is 596 g/mol. The second-order valence-corrected chi connectivity index (χ2v) is 10.6. The zero-order valence-electron chi connectivity index (χ0n) is 24.9. The van der Waals surface area contributed by atoms with Gasteiger partial charge < -0.3 is 30.2 Å². The van der Waals surface area contributed by atoms with E-state index in [2.05, 4.69) is 16.0 Å². The molecule has 3 rings (SSSR count). The predicted molar refractivity (Wildman–Crippen MR) is 157 cm³/mol. The topological polar surface area (TPSA) is 149 Å². The number of amides is 3. The van der Waals surface area contributed by atoms with Crippen LogP contribution in [0.15, 0.2) is 60.7 Å². The smallest absolute Gasteiger partial charge is 0.408 e. The van der Waals surface area contributed by atoms with Crippen molar-refractivity contribution in [2.75, 3.05) is 6.54 Å². The molecule has 0 saturated carbocycles. The van der Waals surface area contributed by atoms with E-state index < -0.39 is 42.1 Å². The van der Waals surface area contributed by atoms with Gasteiger partial charge >= 0.3 is 18.0 Å². The van der Waals surface area contributed by atoms with Crippen LogP contribution in [0.4, 0.5) is 4.79 Å². The number of ether oxygens (including phenoxy) is 3. The molecule has 0 spiro atoms. The average Bonchev–Trinajstić information content (AvgIpc) is 3.01. The molecule has 43 heavy (non-hydrogen) atoms. The lowest BCUT2D eigenvalue weighted by Crippen LogP contribution is -2.56.